The highest BCUT2D eigenvalue weighted by Crippen LogP contribution is 2.29. The molecule has 6 rings (SSSR count). The molecule has 4 aliphatic rings. The number of anilines is 2. The van der Waals surface area contributed by atoms with Crippen molar-refractivity contribution >= 4 is 23.9 Å². The molecule has 3 aliphatic heterocycles. The Balaban J connectivity index is 1.17. The van der Waals surface area contributed by atoms with Crippen LogP contribution in [-0.4, -0.2) is 94.5 Å². The van der Waals surface area contributed by atoms with E-state index in [-0.39, 0.29) is 30.7 Å². The summed E-state index contributed by atoms with van der Waals surface area (Å²) in [7, 11) is 1.52. The minimum Gasteiger partial charge on any atom is -0.477 e. The van der Waals surface area contributed by atoms with Crippen LogP contribution in [0.1, 0.15) is 32.6 Å². The lowest BCUT2D eigenvalue weighted by Gasteiger charge is -2.43. The van der Waals surface area contributed by atoms with Crippen molar-refractivity contribution in [2.75, 3.05) is 43.5 Å². The highest BCUT2D eigenvalue weighted by molar-refractivity contribution is 5.88. The first-order valence-electron chi connectivity index (χ1n) is 13.3. The van der Waals surface area contributed by atoms with E-state index in [0.29, 0.717) is 36.9 Å². The zero-order chi connectivity index (χ0) is 27.4. The van der Waals surface area contributed by atoms with Gasteiger partial charge >= 0.3 is 12.1 Å². The van der Waals surface area contributed by atoms with Crippen LogP contribution in [-0.2, 0) is 0 Å². The second kappa shape index (κ2) is 11.9. The van der Waals surface area contributed by atoms with Crippen molar-refractivity contribution in [3.05, 3.63) is 24.7 Å². The Morgan fingerprint density at radius 2 is 2.08 bits per heavy atom. The van der Waals surface area contributed by atoms with Crippen molar-refractivity contribution in [3.8, 4) is 11.8 Å². The van der Waals surface area contributed by atoms with Gasteiger partial charge in [0, 0.05) is 51.0 Å². The van der Waals surface area contributed by atoms with Gasteiger partial charge in [-0.1, -0.05) is 0 Å². The van der Waals surface area contributed by atoms with Gasteiger partial charge < -0.3 is 29.9 Å². The van der Waals surface area contributed by atoms with Crippen LogP contribution in [0.2, 0.25) is 0 Å². The molecule has 1 saturated carbocycles. The van der Waals surface area contributed by atoms with Crippen molar-refractivity contribution < 1.29 is 23.5 Å². The number of nitrogens with one attached hydrogen (secondary N) is 3. The molecule has 210 valence electrons. The summed E-state index contributed by atoms with van der Waals surface area (Å²) in [6, 6.07) is 0.740. The van der Waals surface area contributed by atoms with Crippen LogP contribution in [0.3, 0.4) is 0 Å². The summed E-state index contributed by atoms with van der Waals surface area (Å²) in [6.45, 7) is 3.69. The van der Waals surface area contributed by atoms with Crippen molar-refractivity contribution in [2.45, 2.75) is 56.9 Å². The molecule has 39 heavy (non-hydrogen) atoms. The number of ether oxygens (including phenoxy) is 2. The SMILES string of the molecule is CCOc1cnc(NC(=O)N(C)[C@H]2CN(c3nccc(OC(=O)N[C@@H]4C[C@H]5CC[C@@H]4CN5)n3)CC[C@H]2F)cn1. The number of rotatable bonds is 7. The average molecular weight is 544 g/mol. The van der Waals surface area contributed by atoms with Gasteiger partial charge in [-0.15, -0.1) is 0 Å². The molecule has 0 radical (unpaired) electrons. The second-order valence-electron chi connectivity index (χ2n) is 10.0. The van der Waals surface area contributed by atoms with Gasteiger partial charge in [0.1, 0.15) is 6.17 Å². The molecule has 4 fully saturated rings. The Morgan fingerprint density at radius 3 is 2.77 bits per heavy atom. The Morgan fingerprint density at radius 1 is 1.21 bits per heavy atom. The monoisotopic (exact) mass is 543 g/mol. The van der Waals surface area contributed by atoms with E-state index in [1.54, 1.807) is 4.90 Å². The van der Waals surface area contributed by atoms with Crippen molar-refractivity contribution in [3.63, 3.8) is 0 Å². The van der Waals surface area contributed by atoms with Gasteiger partial charge in [-0.3, -0.25) is 5.32 Å². The maximum Gasteiger partial charge on any atom is 0.414 e. The Labute approximate surface area is 225 Å². The molecule has 3 N–H and O–H groups in total. The predicted octanol–water partition coefficient (Wildman–Crippen LogP) is 1.97. The molecule has 2 bridgehead atoms. The molecular weight excluding hydrogens is 509 g/mol. The number of carbonyl (C=O) groups excluding carboxylic acids is 2. The van der Waals surface area contributed by atoms with Crippen LogP contribution in [0, 0.1) is 5.92 Å². The van der Waals surface area contributed by atoms with Crippen molar-refractivity contribution in [1.82, 2.24) is 35.5 Å². The van der Waals surface area contributed by atoms with E-state index < -0.39 is 24.3 Å². The summed E-state index contributed by atoms with van der Waals surface area (Å²) < 4.78 is 25.7. The quantitative estimate of drug-likeness (QED) is 0.474. The lowest BCUT2D eigenvalue weighted by atomic mass is 9.77. The Hall–Kier alpha value is -3.81. The van der Waals surface area contributed by atoms with E-state index in [2.05, 4.69) is 35.9 Å². The standard InChI is InChI=1S/C25H34FN9O4/c1-3-38-22-13-29-20(12-30-22)32-24(36)34(2)19-14-35(9-7-17(19)26)23-27-8-6-21(33-23)39-25(37)31-18-10-16-5-4-15(18)11-28-16/h6,8,12-13,15-19,28H,3-5,7,9-11,14H2,1-2H3,(H,31,37)(H,29,32,36)/t15-,16-,17-,18-,19+/m1/s1. The van der Waals surface area contributed by atoms with Crippen LogP contribution < -0.4 is 30.3 Å². The number of carbonyl (C=O) groups is 2. The molecule has 1 aliphatic carbocycles. The highest BCUT2D eigenvalue weighted by atomic mass is 19.1. The van der Waals surface area contributed by atoms with Crippen LogP contribution in [0.4, 0.5) is 25.7 Å². The minimum absolute atomic E-state index is 0.0819. The van der Waals surface area contributed by atoms with E-state index in [1.807, 2.05) is 6.92 Å². The number of hydrogen-bond acceptors (Lipinski definition) is 10. The minimum atomic E-state index is -1.24. The number of hydrogen-bond donors (Lipinski definition) is 3. The predicted molar refractivity (Wildman–Crippen MR) is 140 cm³/mol. The number of piperidine rings is 3. The lowest BCUT2D eigenvalue weighted by Crippen LogP contribution is -2.57. The normalized spacial score (nSPS) is 26.0. The fourth-order valence-corrected chi connectivity index (χ4v) is 5.38. The van der Waals surface area contributed by atoms with Gasteiger partial charge in [0.05, 0.1) is 25.0 Å². The van der Waals surface area contributed by atoms with E-state index in [4.69, 9.17) is 9.47 Å². The average Bonchev–Trinajstić information content (AvgIpc) is 2.95. The molecule has 0 spiro atoms. The summed E-state index contributed by atoms with van der Waals surface area (Å²) in [5.41, 5.74) is 0. The maximum absolute atomic E-state index is 14.9. The summed E-state index contributed by atoms with van der Waals surface area (Å²) in [6.07, 6.45) is 5.78. The molecular formula is C25H34FN9O4. The van der Waals surface area contributed by atoms with Gasteiger partial charge in [0.25, 0.3) is 0 Å². The van der Waals surface area contributed by atoms with Gasteiger partial charge in [-0.2, -0.15) is 4.98 Å². The van der Waals surface area contributed by atoms with E-state index in [0.717, 1.165) is 25.8 Å². The van der Waals surface area contributed by atoms with Gasteiger partial charge in [-0.05, 0) is 38.5 Å². The zero-order valence-electron chi connectivity index (χ0n) is 22.0. The zero-order valence-corrected chi connectivity index (χ0v) is 22.0. The molecule has 5 heterocycles. The first-order valence-corrected chi connectivity index (χ1v) is 13.3. The molecule has 0 aromatic carbocycles. The lowest BCUT2D eigenvalue weighted by molar-refractivity contribution is 0.133. The van der Waals surface area contributed by atoms with Crippen LogP contribution >= 0.6 is 0 Å². The molecule has 3 amide bonds. The highest BCUT2D eigenvalue weighted by Gasteiger charge is 2.37. The number of alkyl halides is 1. The number of nitrogens with zero attached hydrogens (tertiary/aromatic N) is 6. The third-order valence-electron chi connectivity index (χ3n) is 7.54. The largest absolute Gasteiger partial charge is 0.477 e. The summed E-state index contributed by atoms with van der Waals surface area (Å²) in [5.74, 6) is 1.37. The molecule has 0 unspecified atom stereocenters. The van der Waals surface area contributed by atoms with Gasteiger partial charge in [0.15, 0.2) is 5.82 Å². The van der Waals surface area contributed by atoms with Crippen LogP contribution in [0.25, 0.3) is 0 Å². The number of aromatic nitrogens is 4. The van der Waals surface area contributed by atoms with Gasteiger partial charge in [0.2, 0.25) is 17.7 Å². The topological polar surface area (TPSA) is 147 Å². The Kier molecular flexibility index (Phi) is 8.19. The smallest absolute Gasteiger partial charge is 0.414 e. The number of halogens is 1. The molecule has 2 aromatic heterocycles. The van der Waals surface area contributed by atoms with E-state index in [9.17, 15) is 14.0 Å². The fourth-order valence-electron chi connectivity index (χ4n) is 5.38. The van der Waals surface area contributed by atoms with E-state index in [1.165, 1.54) is 36.6 Å². The molecule has 2 aromatic rings. The third kappa shape index (κ3) is 6.44. The second-order valence-corrected chi connectivity index (χ2v) is 10.0. The number of amides is 3. The summed E-state index contributed by atoms with van der Waals surface area (Å²) in [5, 5.41) is 9.08. The van der Waals surface area contributed by atoms with Crippen LogP contribution in [0.5, 0.6) is 11.8 Å². The Bertz CT molecular complexity index is 1150. The maximum atomic E-state index is 14.9. The van der Waals surface area contributed by atoms with Crippen molar-refractivity contribution in [2.24, 2.45) is 5.92 Å². The molecule has 3 saturated heterocycles. The summed E-state index contributed by atoms with van der Waals surface area (Å²) >= 11 is 0. The van der Waals surface area contributed by atoms with Gasteiger partial charge in [-0.25, -0.2) is 28.9 Å². The van der Waals surface area contributed by atoms with Crippen LogP contribution in [0.15, 0.2) is 24.7 Å². The first-order chi connectivity index (χ1) is 18.9. The molecule has 5 atom stereocenters. The number of fused-ring (bicyclic) bond motifs is 3. The summed E-state index contributed by atoms with van der Waals surface area (Å²) in [4.78, 5) is 45.3. The van der Waals surface area contributed by atoms with Crippen molar-refractivity contribution in [1.29, 1.82) is 0 Å². The molecule has 14 heteroatoms. The first kappa shape index (κ1) is 26.8. The number of urea groups is 1. The number of likely N-dealkylation sites (N-methyl/N-ethyl adjacent to an activating group) is 1. The van der Waals surface area contributed by atoms with E-state index >= 15 is 0 Å². The third-order valence-corrected chi connectivity index (χ3v) is 7.54. The molecule has 13 nitrogen and oxygen atoms in total. The fraction of sp³-hybridized carbons (Fsp3) is 0.600.